The largest absolute Gasteiger partial charge is 0.325 e. The van der Waals surface area contributed by atoms with Crippen LogP contribution in [0.4, 0.5) is 0 Å². The Morgan fingerprint density at radius 3 is 2.41 bits per heavy atom. The van der Waals surface area contributed by atoms with E-state index in [1.54, 1.807) is 0 Å². The van der Waals surface area contributed by atoms with E-state index >= 15 is 0 Å². The number of nitrogens with zero attached hydrogens (tertiary/aromatic N) is 1. The Morgan fingerprint density at radius 1 is 1.06 bits per heavy atom. The van der Waals surface area contributed by atoms with Gasteiger partial charge in [0.25, 0.3) is 0 Å². The van der Waals surface area contributed by atoms with Gasteiger partial charge in [0.2, 0.25) is 0 Å². The smallest absolute Gasteiger partial charge is 0.104 e. The molecule has 1 rings (SSSR count). The molecule has 0 radical (unpaired) electrons. The summed E-state index contributed by atoms with van der Waals surface area (Å²) in [5.41, 5.74) is 1.53. The lowest BCUT2D eigenvalue weighted by Gasteiger charge is -2.30. The van der Waals surface area contributed by atoms with Crippen LogP contribution in [0.25, 0.3) is 0 Å². The van der Waals surface area contributed by atoms with E-state index in [9.17, 15) is 0 Å². The number of hydrogen-bond donors (Lipinski definition) is 0. The monoisotopic (exact) mass is 236 g/mol. The highest BCUT2D eigenvalue weighted by Gasteiger charge is 2.16. The van der Waals surface area contributed by atoms with Gasteiger partial charge in [0, 0.05) is 5.57 Å². The van der Waals surface area contributed by atoms with E-state index in [-0.39, 0.29) is 0 Å². The van der Waals surface area contributed by atoms with Crippen LogP contribution in [0.5, 0.6) is 0 Å². The minimum absolute atomic E-state index is 1.14. The van der Waals surface area contributed by atoms with Gasteiger partial charge in [0.15, 0.2) is 0 Å². The summed E-state index contributed by atoms with van der Waals surface area (Å²) in [6, 6.07) is 0. The molecule has 0 spiro atoms. The molecule has 0 saturated heterocycles. The molecule has 1 nitrogen and oxygen atoms in total. The van der Waals surface area contributed by atoms with E-state index in [1.807, 2.05) is 0 Å². The molecular weight excluding hydrogens is 206 g/mol. The first-order chi connectivity index (χ1) is 8.14. The van der Waals surface area contributed by atoms with Crippen molar-refractivity contribution in [2.75, 3.05) is 27.2 Å². The first kappa shape index (κ1) is 14.5. The number of unbranched alkanes of at least 4 members (excludes halogenated alkanes) is 5. The number of allylic oxidation sites excluding steroid dienone is 2. The molecule has 0 saturated carbocycles. The summed E-state index contributed by atoms with van der Waals surface area (Å²) in [7, 11) is 4.72. The zero-order chi connectivity index (χ0) is 12.6. The highest BCUT2D eigenvalue weighted by atomic mass is 15.3. The fourth-order valence-electron chi connectivity index (χ4n) is 2.52. The minimum atomic E-state index is 1.14. The number of rotatable bonds is 9. The van der Waals surface area contributed by atoms with E-state index < -0.39 is 0 Å². The standard InChI is InChI=1S/C16H30N/c1-4-5-6-7-8-11-14-17(2,3)15-16-12-9-10-13-16/h9,12-13H,4-8,10-11,14-15H2,1-3H3/q+1. The first-order valence-corrected chi connectivity index (χ1v) is 7.31. The topological polar surface area (TPSA) is 0 Å². The molecule has 0 aromatic carbocycles. The fourth-order valence-corrected chi connectivity index (χ4v) is 2.52. The van der Waals surface area contributed by atoms with Gasteiger partial charge in [-0.1, -0.05) is 50.8 Å². The van der Waals surface area contributed by atoms with Gasteiger partial charge in [0.1, 0.15) is 6.54 Å². The van der Waals surface area contributed by atoms with Gasteiger partial charge < -0.3 is 4.48 Å². The maximum absolute atomic E-state index is 2.36. The van der Waals surface area contributed by atoms with Crippen LogP contribution in [0.15, 0.2) is 23.8 Å². The minimum Gasteiger partial charge on any atom is -0.325 e. The van der Waals surface area contributed by atoms with E-state index in [4.69, 9.17) is 0 Å². The Hall–Kier alpha value is -0.560. The number of quaternary nitrogens is 1. The molecule has 1 aliphatic carbocycles. The Bertz CT molecular complexity index is 261. The van der Waals surface area contributed by atoms with Crippen LogP contribution in [0, 0.1) is 0 Å². The SMILES string of the molecule is CCCCCCCC[N+](C)(C)CC1=CCC=C1. The lowest BCUT2D eigenvalue weighted by atomic mass is 10.1. The third-order valence-corrected chi connectivity index (χ3v) is 3.58. The highest BCUT2D eigenvalue weighted by molar-refractivity contribution is 5.26. The molecule has 0 heterocycles. The van der Waals surface area contributed by atoms with Crippen LogP contribution < -0.4 is 0 Å². The molecule has 0 atom stereocenters. The number of hydrogen-bond acceptors (Lipinski definition) is 0. The zero-order valence-corrected chi connectivity index (χ0v) is 12.0. The molecule has 1 heteroatoms. The van der Waals surface area contributed by atoms with Crippen molar-refractivity contribution in [1.82, 2.24) is 0 Å². The van der Waals surface area contributed by atoms with Crippen molar-refractivity contribution in [3.05, 3.63) is 23.8 Å². The Morgan fingerprint density at radius 2 is 1.76 bits per heavy atom. The average Bonchev–Trinajstić information content (AvgIpc) is 2.75. The third-order valence-electron chi connectivity index (χ3n) is 3.58. The van der Waals surface area contributed by atoms with Crippen molar-refractivity contribution in [2.24, 2.45) is 0 Å². The third kappa shape index (κ3) is 6.68. The van der Waals surface area contributed by atoms with Gasteiger partial charge in [-0.3, -0.25) is 0 Å². The molecule has 0 N–H and O–H groups in total. The Labute approximate surface area is 108 Å². The zero-order valence-electron chi connectivity index (χ0n) is 12.0. The molecule has 0 aromatic heterocycles. The molecule has 17 heavy (non-hydrogen) atoms. The maximum atomic E-state index is 2.36. The van der Waals surface area contributed by atoms with Crippen LogP contribution in [0.1, 0.15) is 51.9 Å². The molecule has 0 unspecified atom stereocenters. The Kier molecular flexibility index (Phi) is 6.57. The molecular formula is C16H30N+. The maximum Gasteiger partial charge on any atom is 0.104 e. The van der Waals surface area contributed by atoms with Crippen molar-refractivity contribution in [2.45, 2.75) is 51.9 Å². The predicted octanol–water partition coefficient (Wildman–Crippen LogP) is 4.31. The quantitative estimate of drug-likeness (QED) is 0.413. The van der Waals surface area contributed by atoms with E-state index in [0.29, 0.717) is 0 Å². The predicted molar refractivity (Wildman–Crippen MR) is 77.1 cm³/mol. The lowest BCUT2D eigenvalue weighted by Crippen LogP contribution is -2.41. The summed E-state index contributed by atoms with van der Waals surface area (Å²) in [6.07, 6.45) is 16.5. The van der Waals surface area contributed by atoms with Gasteiger partial charge in [-0.2, -0.15) is 0 Å². The van der Waals surface area contributed by atoms with Crippen LogP contribution in [-0.4, -0.2) is 31.7 Å². The molecule has 0 amide bonds. The molecule has 98 valence electrons. The second kappa shape index (κ2) is 7.71. The van der Waals surface area contributed by atoms with E-state index in [0.717, 1.165) is 10.9 Å². The highest BCUT2D eigenvalue weighted by Crippen LogP contribution is 2.15. The summed E-state index contributed by atoms with van der Waals surface area (Å²) >= 11 is 0. The van der Waals surface area contributed by atoms with Crippen LogP contribution >= 0.6 is 0 Å². The van der Waals surface area contributed by atoms with E-state index in [1.165, 1.54) is 57.2 Å². The van der Waals surface area contributed by atoms with Crippen molar-refractivity contribution >= 4 is 0 Å². The van der Waals surface area contributed by atoms with Crippen LogP contribution in [0.3, 0.4) is 0 Å². The number of likely N-dealkylation sites (N-methyl/N-ethyl adjacent to an activating group) is 1. The fraction of sp³-hybridized carbons (Fsp3) is 0.750. The molecule has 0 bridgehead atoms. The van der Waals surface area contributed by atoms with Crippen LogP contribution in [0.2, 0.25) is 0 Å². The summed E-state index contributed by atoms with van der Waals surface area (Å²) in [6.45, 7) is 4.80. The molecule has 0 fully saturated rings. The molecule has 0 aliphatic heterocycles. The summed E-state index contributed by atoms with van der Waals surface area (Å²) in [5, 5.41) is 0. The molecule has 1 aliphatic rings. The summed E-state index contributed by atoms with van der Waals surface area (Å²) in [5.74, 6) is 0. The Balaban J connectivity index is 2.09. The summed E-state index contributed by atoms with van der Waals surface area (Å²) < 4.78 is 1.14. The van der Waals surface area contributed by atoms with Crippen molar-refractivity contribution < 1.29 is 4.48 Å². The van der Waals surface area contributed by atoms with Gasteiger partial charge in [-0.25, -0.2) is 0 Å². The average molecular weight is 236 g/mol. The van der Waals surface area contributed by atoms with Gasteiger partial charge in [0.05, 0.1) is 20.6 Å². The normalized spacial score (nSPS) is 15.4. The molecule has 0 aromatic rings. The van der Waals surface area contributed by atoms with Crippen molar-refractivity contribution in [3.8, 4) is 0 Å². The van der Waals surface area contributed by atoms with Gasteiger partial charge >= 0.3 is 0 Å². The second-order valence-electron chi connectivity index (χ2n) is 6.00. The second-order valence-corrected chi connectivity index (χ2v) is 6.00. The van der Waals surface area contributed by atoms with Crippen molar-refractivity contribution in [3.63, 3.8) is 0 Å². The van der Waals surface area contributed by atoms with Gasteiger partial charge in [-0.15, -0.1) is 0 Å². The van der Waals surface area contributed by atoms with E-state index in [2.05, 4.69) is 39.2 Å². The summed E-state index contributed by atoms with van der Waals surface area (Å²) in [4.78, 5) is 0. The first-order valence-electron chi connectivity index (χ1n) is 7.31. The van der Waals surface area contributed by atoms with Gasteiger partial charge in [-0.05, 0) is 19.3 Å². The van der Waals surface area contributed by atoms with Crippen molar-refractivity contribution in [1.29, 1.82) is 0 Å². The lowest BCUT2D eigenvalue weighted by molar-refractivity contribution is -0.885. The van der Waals surface area contributed by atoms with Crippen LogP contribution in [-0.2, 0) is 0 Å².